The Bertz CT molecular complexity index is 111. The Hall–Kier alpha value is -0.540. The van der Waals surface area contributed by atoms with E-state index < -0.39 is 5.97 Å². The van der Waals surface area contributed by atoms with E-state index in [1.54, 1.807) is 0 Å². The van der Waals surface area contributed by atoms with Gasteiger partial charge < -0.3 is 9.84 Å². The fraction of sp³-hybridized carbons (Fsp3) is 0.400. The van der Waals surface area contributed by atoms with E-state index in [0.29, 0.717) is 0 Å². The first-order valence-corrected chi connectivity index (χ1v) is 2.75. The third-order valence-corrected chi connectivity index (χ3v) is 0.707. The maximum atomic E-state index is 9.78. The number of carboxylic acids is 1. The van der Waals surface area contributed by atoms with E-state index in [0.717, 1.165) is 0 Å². The van der Waals surface area contributed by atoms with Crippen LogP contribution in [0.15, 0.2) is 11.6 Å². The van der Waals surface area contributed by atoms with Gasteiger partial charge in [0.2, 0.25) is 0 Å². The molecule has 0 atom stereocenters. The molecule has 0 unspecified atom stereocenters. The SMILES string of the molecule is O=C(O)COCC=CCl. The number of carboxylic acid groups (broad SMARTS) is 1. The molecule has 0 saturated heterocycles. The lowest BCUT2D eigenvalue weighted by molar-refractivity contribution is -0.141. The first kappa shape index (κ1) is 8.46. The largest absolute Gasteiger partial charge is 0.480 e. The number of ether oxygens (including phenoxy) is 1. The van der Waals surface area contributed by atoms with E-state index in [4.69, 9.17) is 16.7 Å². The standard InChI is InChI=1S/C5H7ClO3/c6-2-1-3-9-4-5(7)8/h1-2H,3-4H2,(H,7,8). The second kappa shape index (κ2) is 5.59. The van der Waals surface area contributed by atoms with Crippen molar-refractivity contribution in [3.8, 4) is 0 Å². The zero-order valence-corrected chi connectivity index (χ0v) is 5.47. The molecule has 0 heterocycles. The Labute approximate surface area is 57.9 Å². The Balaban J connectivity index is 3.01. The van der Waals surface area contributed by atoms with Gasteiger partial charge in [0, 0.05) is 5.54 Å². The third kappa shape index (κ3) is 7.46. The van der Waals surface area contributed by atoms with Crippen molar-refractivity contribution < 1.29 is 14.6 Å². The Morgan fingerprint density at radius 2 is 2.44 bits per heavy atom. The van der Waals surface area contributed by atoms with Gasteiger partial charge in [-0.1, -0.05) is 11.6 Å². The van der Waals surface area contributed by atoms with Crippen LogP contribution in [0.3, 0.4) is 0 Å². The topological polar surface area (TPSA) is 46.5 Å². The lowest BCUT2D eigenvalue weighted by Gasteiger charge is -1.92. The summed E-state index contributed by atoms with van der Waals surface area (Å²) in [5.41, 5.74) is 1.28. The van der Waals surface area contributed by atoms with Gasteiger partial charge in [-0.15, -0.1) is 0 Å². The number of rotatable bonds is 4. The van der Waals surface area contributed by atoms with Gasteiger partial charge in [0.1, 0.15) is 6.61 Å². The second-order valence-corrected chi connectivity index (χ2v) is 1.52. The molecule has 0 bridgehead atoms. The first-order valence-electron chi connectivity index (χ1n) is 2.32. The van der Waals surface area contributed by atoms with Gasteiger partial charge in [0.05, 0.1) is 6.61 Å². The molecule has 0 aliphatic rings. The quantitative estimate of drug-likeness (QED) is 0.604. The summed E-state index contributed by atoms with van der Waals surface area (Å²) >= 11 is 5.11. The van der Waals surface area contributed by atoms with Crippen molar-refractivity contribution in [2.24, 2.45) is 0 Å². The van der Waals surface area contributed by atoms with Crippen LogP contribution < -0.4 is 0 Å². The summed E-state index contributed by atoms with van der Waals surface area (Å²) in [5.74, 6) is -0.974. The molecule has 0 amide bonds. The van der Waals surface area contributed by atoms with Crippen molar-refractivity contribution in [2.45, 2.75) is 0 Å². The van der Waals surface area contributed by atoms with Crippen LogP contribution in [-0.2, 0) is 9.53 Å². The maximum absolute atomic E-state index is 9.78. The van der Waals surface area contributed by atoms with Crippen LogP contribution in [0.1, 0.15) is 0 Å². The maximum Gasteiger partial charge on any atom is 0.329 e. The highest BCUT2D eigenvalue weighted by molar-refractivity contribution is 6.25. The summed E-state index contributed by atoms with van der Waals surface area (Å²) < 4.78 is 4.56. The zero-order valence-electron chi connectivity index (χ0n) is 4.71. The first-order chi connectivity index (χ1) is 4.27. The molecule has 0 saturated carbocycles. The van der Waals surface area contributed by atoms with Crippen molar-refractivity contribution in [1.82, 2.24) is 0 Å². The predicted molar refractivity (Wildman–Crippen MR) is 33.4 cm³/mol. The molecule has 0 aliphatic carbocycles. The van der Waals surface area contributed by atoms with Crippen molar-refractivity contribution in [3.63, 3.8) is 0 Å². The van der Waals surface area contributed by atoms with E-state index in [2.05, 4.69) is 4.74 Å². The van der Waals surface area contributed by atoms with Gasteiger partial charge in [-0.05, 0) is 6.08 Å². The number of aliphatic carboxylic acids is 1. The van der Waals surface area contributed by atoms with Crippen LogP contribution in [0, 0.1) is 0 Å². The molecule has 0 radical (unpaired) electrons. The summed E-state index contributed by atoms with van der Waals surface area (Å²) in [6, 6.07) is 0. The lowest BCUT2D eigenvalue weighted by atomic mass is 10.7. The van der Waals surface area contributed by atoms with E-state index >= 15 is 0 Å². The minimum atomic E-state index is -0.974. The molecule has 0 rings (SSSR count). The summed E-state index contributed by atoms with van der Waals surface area (Å²) in [6.45, 7) is -0.0307. The summed E-state index contributed by atoms with van der Waals surface area (Å²) in [6.07, 6.45) is 1.52. The van der Waals surface area contributed by atoms with Crippen LogP contribution in [0.4, 0.5) is 0 Å². The highest BCUT2D eigenvalue weighted by Gasteiger charge is 1.91. The van der Waals surface area contributed by atoms with Gasteiger partial charge in [-0.25, -0.2) is 4.79 Å². The highest BCUT2D eigenvalue weighted by atomic mass is 35.5. The lowest BCUT2D eigenvalue weighted by Crippen LogP contribution is -2.06. The molecule has 0 aromatic rings. The molecule has 0 fully saturated rings. The van der Waals surface area contributed by atoms with Crippen LogP contribution >= 0.6 is 11.6 Å². The molecule has 0 spiro atoms. The van der Waals surface area contributed by atoms with Crippen molar-refractivity contribution in [2.75, 3.05) is 13.2 Å². The number of halogens is 1. The average molecular weight is 151 g/mol. The monoisotopic (exact) mass is 150 g/mol. The smallest absolute Gasteiger partial charge is 0.329 e. The summed E-state index contributed by atoms with van der Waals surface area (Å²) in [4.78, 5) is 9.78. The van der Waals surface area contributed by atoms with Gasteiger partial charge >= 0.3 is 5.97 Å². The molecule has 0 aromatic carbocycles. The van der Waals surface area contributed by atoms with Gasteiger partial charge in [0.25, 0.3) is 0 Å². The Morgan fingerprint density at radius 3 is 2.89 bits per heavy atom. The zero-order chi connectivity index (χ0) is 7.11. The van der Waals surface area contributed by atoms with Crippen molar-refractivity contribution in [1.29, 1.82) is 0 Å². The minimum absolute atomic E-state index is 0.246. The van der Waals surface area contributed by atoms with Crippen molar-refractivity contribution in [3.05, 3.63) is 11.6 Å². The molecule has 9 heavy (non-hydrogen) atoms. The van der Waals surface area contributed by atoms with Crippen LogP contribution in [-0.4, -0.2) is 24.3 Å². The Morgan fingerprint density at radius 1 is 1.78 bits per heavy atom. The molecule has 52 valence electrons. The van der Waals surface area contributed by atoms with Gasteiger partial charge in [0.15, 0.2) is 0 Å². The van der Waals surface area contributed by atoms with Gasteiger partial charge in [-0.2, -0.15) is 0 Å². The van der Waals surface area contributed by atoms with Gasteiger partial charge in [-0.3, -0.25) is 0 Å². The van der Waals surface area contributed by atoms with E-state index in [1.807, 2.05) is 0 Å². The summed E-state index contributed by atoms with van der Waals surface area (Å²) in [5, 5.41) is 8.03. The highest BCUT2D eigenvalue weighted by Crippen LogP contribution is 1.80. The fourth-order valence-corrected chi connectivity index (χ4v) is 0.323. The van der Waals surface area contributed by atoms with E-state index in [9.17, 15) is 4.79 Å². The molecule has 4 heteroatoms. The summed E-state index contributed by atoms with van der Waals surface area (Å²) in [7, 11) is 0. The van der Waals surface area contributed by atoms with Crippen LogP contribution in [0.25, 0.3) is 0 Å². The molecule has 0 aromatic heterocycles. The fourth-order valence-electron chi connectivity index (χ4n) is 0.251. The van der Waals surface area contributed by atoms with Crippen LogP contribution in [0.5, 0.6) is 0 Å². The second-order valence-electron chi connectivity index (χ2n) is 1.27. The average Bonchev–Trinajstić information content (AvgIpc) is 1.80. The predicted octanol–water partition coefficient (Wildman–Crippen LogP) is 0.840. The molecule has 1 N–H and O–H groups in total. The van der Waals surface area contributed by atoms with E-state index in [-0.39, 0.29) is 13.2 Å². The minimum Gasteiger partial charge on any atom is -0.480 e. The normalized spacial score (nSPS) is 10.3. The molecule has 3 nitrogen and oxygen atoms in total. The van der Waals surface area contributed by atoms with Crippen molar-refractivity contribution >= 4 is 17.6 Å². The molecular formula is C5H7ClO3. The molecular weight excluding hydrogens is 144 g/mol. The third-order valence-electron chi connectivity index (χ3n) is 0.529. The molecule has 0 aliphatic heterocycles. The van der Waals surface area contributed by atoms with Crippen LogP contribution in [0.2, 0.25) is 0 Å². The Kier molecular flexibility index (Phi) is 5.26. The number of hydrogen-bond donors (Lipinski definition) is 1. The number of carbonyl (C=O) groups is 1. The van der Waals surface area contributed by atoms with E-state index in [1.165, 1.54) is 11.6 Å². The number of hydrogen-bond acceptors (Lipinski definition) is 2.